The second kappa shape index (κ2) is 4.03. The fraction of sp³-hybridized carbons (Fsp3) is 0.286. The molecule has 1 aromatic heterocycles. The maximum atomic E-state index is 10.8. The number of hydrogen-bond acceptors (Lipinski definition) is 3. The first-order chi connectivity index (χ1) is 5.33. The number of nitrogens with zero attached hydrogens (tertiary/aromatic N) is 2. The zero-order chi connectivity index (χ0) is 8.10. The largest absolute Gasteiger partial charge is 0.298 e. The van der Waals surface area contributed by atoms with Crippen LogP contribution < -0.4 is 0 Å². The van der Waals surface area contributed by atoms with Gasteiger partial charge in [0, 0.05) is 18.8 Å². The molecule has 0 bridgehead atoms. The summed E-state index contributed by atoms with van der Waals surface area (Å²) in [4.78, 5) is 18.3. The summed E-state index contributed by atoms with van der Waals surface area (Å²) in [6.45, 7) is 0. The topological polar surface area (TPSA) is 42.9 Å². The molecule has 0 aliphatic carbocycles. The molecule has 0 radical (unpaired) electrons. The Morgan fingerprint density at radius 2 is 2.09 bits per heavy atom. The Morgan fingerprint density at radius 3 is 2.64 bits per heavy atom. The molecule has 1 heterocycles. The number of aromatic nitrogens is 2. The highest BCUT2D eigenvalue weighted by atomic mass is 35.5. The van der Waals surface area contributed by atoms with Crippen molar-refractivity contribution in [2.45, 2.75) is 6.42 Å². The van der Waals surface area contributed by atoms with E-state index >= 15 is 0 Å². The normalized spacial score (nSPS) is 9.55. The zero-order valence-corrected chi connectivity index (χ0v) is 6.58. The lowest BCUT2D eigenvalue weighted by atomic mass is 10.2. The van der Waals surface area contributed by atoms with E-state index in [9.17, 15) is 4.79 Å². The summed E-state index contributed by atoms with van der Waals surface area (Å²) in [6.07, 6.45) is 4.97. The van der Waals surface area contributed by atoms with E-state index in [1.54, 1.807) is 12.4 Å². The van der Waals surface area contributed by atoms with Crippen molar-refractivity contribution in [1.82, 2.24) is 9.97 Å². The van der Waals surface area contributed by atoms with Crippen LogP contribution in [0.1, 0.15) is 5.56 Å². The summed E-state index contributed by atoms with van der Waals surface area (Å²) in [5.41, 5.74) is 0.804. The predicted octanol–water partition coefficient (Wildman–Crippen LogP) is 0.827. The third-order valence-corrected chi connectivity index (χ3v) is 1.46. The van der Waals surface area contributed by atoms with Crippen LogP contribution >= 0.6 is 11.6 Å². The van der Waals surface area contributed by atoms with Crippen molar-refractivity contribution in [3.8, 4) is 0 Å². The maximum absolute atomic E-state index is 10.8. The van der Waals surface area contributed by atoms with Gasteiger partial charge in [-0.2, -0.15) is 0 Å². The Kier molecular flexibility index (Phi) is 2.98. The van der Waals surface area contributed by atoms with Gasteiger partial charge in [-0.05, 0) is 5.56 Å². The summed E-state index contributed by atoms with van der Waals surface area (Å²) in [7, 11) is 0. The lowest BCUT2D eigenvalue weighted by Crippen LogP contribution is -2.03. The molecule has 1 rings (SSSR count). The third-order valence-electron chi connectivity index (χ3n) is 1.16. The van der Waals surface area contributed by atoms with Crippen molar-refractivity contribution in [1.29, 1.82) is 0 Å². The highest BCUT2D eigenvalue weighted by Gasteiger charge is 2.00. The van der Waals surface area contributed by atoms with E-state index in [-0.39, 0.29) is 11.7 Å². The maximum Gasteiger partial charge on any atom is 0.152 e. The van der Waals surface area contributed by atoms with Crippen LogP contribution in [0.4, 0.5) is 0 Å². The number of carbonyl (C=O) groups excluding carboxylic acids is 1. The molecule has 0 N–H and O–H groups in total. The summed E-state index contributed by atoms with van der Waals surface area (Å²) in [5.74, 6) is 0.0380. The number of carbonyl (C=O) groups is 1. The second-order valence-corrected chi connectivity index (χ2v) is 2.36. The quantitative estimate of drug-likeness (QED) is 0.631. The molecule has 0 aromatic carbocycles. The van der Waals surface area contributed by atoms with E-state index in [0.29, 0.717) is 6.42 Å². The first kappa shape index (κ1) is 8.14. The molecule has 58 valence electrons. The first-order valence-electron chi connectivity index (χ1n) is 3.14. The van der Waals surface area contributed by atoms with E-state index in [1.807, 2.05) is 0 Å². The van der Waals surface area contributed by atoms with Crippen LogP contribution in [0.3, 0.4) is 0 Å². The van der Waals surface area contributed by atoms with Gasteiger partial charge in [0.25, 0.3) is 0 Å². The predicted molar refractivity (Wildman–Crippen MR) is 41.5 cm³/mol. The fourth-order valence-electron chi connectivity index (χ4n) is 0.696. The van der Waals surface area contributed by atoms with Crippen LogP contribution in [0.25, 0.3) is 0 Å². The molecule has 0 aliphatic heterocycles. The lowest BCUT2D eigenvalue weighted by Gasteiger charge is -1.94. The summed E-state index contributed by atoms with van der Waals surface area (Å²) in [6, 6.07) is 0. The van der Waals surface area contributed by atoms with Gasteiger partial charge in [0.05, 0.1) is 5.88 Å². The van der Waals surface area contributed by atoms with Crippen molar-refractivity contribution < 1.29 is 4.79 Å². The molecule has 1 aromatic rings. The minimum atomic E-state index is -0.0125. The van der Waals surface area contributed by atoms with E-state index in [4.69, 9.17) is 11.6 Å². The summed E-state index contributed by atoms with van der Waals surface area (Å²) >= 11 is 5.31. The van der Waals surface area contributed by atoms with Crippen LogP contribution in [-0.2, 0) is 11.2 Å². The highest BCUT2D eigenvalue weighted by molar-refractivity contribution is 6.27. The second-order valence-electron chi connectivity index (χ2n) is 2.10. The monoisotopic (exact) mass is 170 g/mol. The number of alkyl halides is 1. The Morgan fingerprint density at radius 1 is 1.45 bits per heavy atom. The van der Waals surface area contributed by atoms with Crippen molar-refractivity contribution in [2.75, 3.05) is 5.88 Å². The minimum absolute atomic E-state index is 0.0125. The molecule has 4 heteroatoms. The van der Waals surface area contributed by atoms with Crippen LogP contribution in [0.5, 0.6) is 0 Å². The molecule has 0 unspecified atom stereocenters. The molecule has 11 heavy (non-hydrogen) atoms. The lowest BCUT2D eigenvalue weighted by molar-refractivity contribution is -0.116. The molecule has 0 saturated heterocycles. The van der Waals surface area contributed by atoms with Gasteiger partial charge in [0.2, 0.25) is 0 Å². The van der Waals surface area contributed by atoms with Crippen LogP contribution in [0, 0.1) is 0 Å². The molecule has 0 fully saturated rings. The molecule has 0 aliphatic rings. The van der Waals surface area contributed by atoms with Crippen molar-refractivity contribution in [3.05, 3.63) is 24.3 Å². The molecule has 0 spiro atoms. The number of ketones is 1. The van der Waals surface area contributed by atoms with E-state index < -0.39 is 0 Å². The average Bonchev–Trinajstić information content (AvgIpc) is 2.06. The molecule has 3 nitrogen and oxygen atoms in total. The molecule has 0 saturated carbocycles. The first-order valence-corrected chi connectivity index (χ1v) is 3.68. The number of hydrogen-bond donors (Lipinski definition) is 0. The van der Waals surface area contributed by atoms with Crippen molar-refractivity contribution in [3.63, 3.8) is 0 Å². The van der Waals surface area contributed by atoms with Gasteiger partial charge in [-0.15, -0.1) is 11.6 Å². The Hall–Kier alpha value is -0.960. The fourth-order valence-corrected chi connectivity index (χ4v) is 0.791. The standard InChI is InChI=1S/C7H7ClN2O/c8-2-7(11)1-6-3-9-5-10-4-6/h3-5H,1-2H2. The van der Waals surface area contributed by atoms with Gasteiger partial charge in [-0.3, -0.25) is 4.79 Å². The highest BCUT2D eigenvalue weighted by Crippen LogP contribution is 1.96. The smallest absolute Gasteiger partial charge is 0.152 e. The zero-order valence-electron chi connectivity index (χ0n) is 5.83. The van der Waals surface area contributed by atoms with Gasteiger partial charge >= 0.3 is 0 Å². The number of rotatable bonds is 3. The van der Waals surface area contributed by atoms with Gasteiger partial charge in [-0.25, -0.2) is 9.97 Å². The van der Waals surface area contributed by atoms with E-state index in [2.05, 4.69) is 9.97 Å². The molecule has 0 amide bonds. The van der Waals surface area contributed by atoms with Crippen LogP contribution in [0.2, 0.25) is 0 Å². The van der Waals surface area contributed by atoms with E-state index in [1.165, 1.54) is 6.33 Å². The summed E-state index contributed by atoms with van der Waals surface area (Å²) < 4.78 is 0. The van der Waals surface area contributed by atoms with Gasteiger partial charge < -0.3 is 0 Å². The van der Waals surface area contributed by atoms with Gasteiger partial charge in [0.15, 0.2) is 5.78 Å². The number of halogens is 1. The van der Waals surface area contributed by atoms with Crippen molar-refractivity contribution in [2.24, 2.45) is 0 Å². The van der Waals surface area contributed by atoms with Crippen LogP contribution in [0.15, 0.2) is 18.7 Å². The van der Waals surface area contributed by atoms with E-state index in [0.717, 1.165) is 5.56 Å². The Labute approximate surface area is 69.4 Å². The molecular formula is C7H7ClN2O. The third kappa shape index (κ3) is 2.63. The minimum Gasteiger partial charge on any atom is -0.298 e. The molecular weight excluding hydrogens is 164 g/mol. The summed E-state index contributed by atoms with van der Waals surface area (Å²) in [5, 5.41) is 0. The molecule has 0 atom stereocenters. The van der Waals surface area contributed by atoms with Gasteiger partial charge in [0.1, 0.15) is 6.33 Å². The van der Waals surface area contributed by atoms with Crippen molar-refractivity contribution >= 4 is 17.4 Å². The van der Waals surface area contributed by atoms with Crippen LogP contribution in [-0.4, -0.2) is 21.6 Å². The average molecular weight is 171 g/mol. The Balaban J connectivity index is 2.58. The SMILES string of the molecule is O=C(CCl)Cc1cncnc1. The Bertz CT molecular complexity index is 237. The number of Topliss-reactive ketones (excluding diaryl/α,β-unsaturated/α-hetero) is 1. The van der Waals surface area contributed by atoms with Gasteiger partial charge in [-0.1, -0.05) is 0 Å².